The van der Waals surface area contributed by atoms with Gasteiger partial charge in [0, 0.05) is 43.4 Å². The van der Waals surface area contributed by atoms with E-state index in [0.717, 1.165) is 17.5 Å². The van der Waals surface area contributed by atoms with Crippen molar-refractivity contribution in [2.45, 2.75) is 19.4 Å². The Morgan fingerprint density at radius 3 is 2.80 bits per heavy atom. The molecule has 25 heavy (non-hydrogen) atoms. The average molecular weight is 334 g/mol. The molecule has 3 rings (SSSR count). The number of nitrogens with one attached hydrogen (secondary N) is 1. The normalized spacial score (nSPS) is 16.3. The summed E-state index contributed by atoms with van der Waals surface area (Å²) < 4.78 is 0. The van der Waals surface area contributed by atoms with E-state index >= 15 is 0 Å². The molecule has 0 bridgehead atoms. The van der Waals surface area contributed by atoms with E-state index in [-0.39, 0.29) is 17.9 Å². The number of aromatic nitrogens is 1. The van der Waals surface area contributed by atoms with Crippen LogP contribution in [-0.4, -0.2) is 40.8 Å². The van der Waals surface area contributed by atoms with Crippen LogP contribution in [0.3, 0.4) is 0 Å². The number of hydrogen-bond donors (Lipinski definition) is 1. The molecule has 1 unspecified atom stereocenters. The third-order valence-corrected chi connectivity index (χ3v) is 4.20. The van der Waals surface area contributed by atoms with Crippen LogP contribution in [0.25, 0.3) is 11.1 Å². The van der Waals surface area contributed by atoms with Crippen LogP contribution in [0.2, 0.25) is 0 Å². The highest BCUT2D eigenvalue weighted by Gasteiger charge is 2.27. The highest BCUT2D eigenvalue weighted by Crippen LogP contribution is 2.22. The summed E-state index contributed by atoms with van der Waals surface area (Å²) >= 11 is 0. The summed E-state index contributed by atoms with van der Waals surface area (Å²) in [4.78, 5) is 29.7. The fourth-order valence-corrected chi connectivity index (χ4v) is 3.00. The summed E-state index contributed by atoms with van der Waals surface area (Å²) in [7, 11) is 0. The average Bonchev–Trinajstić information content (AvgIpc) is 3.09. The lowest BCUT2D eigenvalue weighted by atomic mass is 10.0. The summed E-state index contributed by atoms with van der Waals surface area (Å²) in [5, 5.41) is 11.7. The van der Waals surface area contributed by atoms with Crippen LogP contribution >= 0.6 is 0 Å². The number of hydrogen-bond acceptors (Lipinski definition) is 4. The van der Waals surface area contributed by atoms with Gasteiger partial charge in [-0.3, -0.25) is 9.59 Å². The van der Waals surface area contributed by atoms with Crippen LogP contribution in [0.1, 0.15) is 29.4 Å². The molecule has 6 heteroatoms. The lowest BCUT2D eigenvalue weighted by molar-refractivity contribution is -0.119. The first-order chi connectivity index (χ1) is 12.1. The molecule has 0 saturated carbocycles. The molecule has 2 amide bonds. The van der Waals surface area contributed by atoms with Gasteiger partial charge in [-0.15, -0.1) is 0 Å². The molecule has 1 aliphatic heterocycles. The zero-order valence-corrected chi connectivity index (χ0v) is 13.9. The zero-order chi connectivity index (χ0) is 17.8. The van der Waals surface area contributed by atoms with Crippen LogP contribution in [-0.2, 0) is 4.79 Å². The van der Waals surface area contributed by atoms with Gasteiger partial charge in [0.25, 0.3) is 5.91 Å². The molecular formula is C19H18N4O2. The molecular weight excluding hydrogens is 316 g/mol. The maximum Gasteiger partial charge on any atom is 0.253 e. The van der Waals surface area contributed by atoms with E-state index in [1.807, 2.05) is 30.3 Å². The predicted octanol–water partition coefficient (Wildman–Crippen LogP) is 1.97. The summed E-state index contributed by atoms with van der Waals surface area (Å²) in [6.07, 6.45) is 2.40. The number of carbonyl (C=O) groups is 2. The van der Waals surface area contributed by atoms with Crippen LogP contribution in [0.5, 0.6) is 0 Å². The van der Waals surface area contributed by atoms with Gasteiger partial charge in [-0.2, -0.15) is 5.26 Å². The van der Waals surface area contributed by atoms with Gasteiger partial charge < -0.3 is 10.2 Å². The minimum atomic E-state index is -0.0744. The molecule has 6 nitrogen and oxygen atoms in total. The first-order valence-electron chi connectivity index (χ1n) is 8.10. The van der Waals surface area contributed by atoms with Gasteiger partial charge >= 0.3 is 0 Å². The Hall–Kier alpha value is -3.20. The van der Waals surface area contributed by atoms with Crippen molar-refractivity contribution in [3.8, 4) is 17.2 Å². The fraction of sp³-hybridized carbons (Fsp3) is 0.263. The molecule has 0 aliphatic carbocycles. The van der Waals surface area contributed by atoms with E-state index in [1.54, 1.807) is 23.2 Å². The number of benzene rings is 1. The predicted molar refractivity (Wildman–Crippen MR) is 92.5 cm³/mol. The van der Waals surface area contributed by atoms with Gasteiger partial charge in [0.1, 0.15) is 11.8 Å². The van der Waals surface area contributed by atoms with Crippen LogP contribution in [0.4, 0.5) is 0 Å². The number of amides is 2. The van der Waals surface area contributed by atoms with Gasteiger partial charge in [-0.25, -0.2) is 4.98 Å². The van der Waals surface area contributed by atoms with Crippen LogP contribution in [0.15, 0.2) is 42.6 Å². The number of rotatable bonds is 3. The molecule has 1 fully saturated rings. The minimum Gasteiger partial charge on any atom is -0.352 e. The monoisotopic (exact) mass is 334 g/mol. The van der Waals surface area contributed by atoms with Crippen molar-refractivity contribution in [2.75, 3.05) is 13.1 Å². The second-order valence-electron chi connectivity index (χ2n) is 6.06. The third-order valence-electron chi connectivity index (χ3n) is 4.20. The minimum absolute atomic E-state index is 0.0207. The van der Waals surface area contributed by atoms with Crippen molar-refractivity contribution in [1.29, 1.82) is 5.26 Å². The summed E-state index contributed by atoms with van der Waals surface area (Å²) in [6, 6.07) is 12.8. The molecule has 1 atom stereocenters. The Morgan fingerprint density at radius 2 is 2.12 bits per heavy atom. The SMILES string of the molecule is CC(=O)NC1CCN(C(=O)c2cccc(-c3ccc(C#N)nc3)c2)C1. The Balaban J connectivity index is 1.76. The molecule has 2 heterocycles. The Bertz CT molecular complexity index is 839. The number of nitriles is 1. The summed E-state index contributed by atoms with van der Waals surface area (Å²) in [6.45, 7) is 2.65. The molecule has 1 aliphatic rings. The van der Waals surface area contributed by atoms with E-state index < -0.39 is 0 Å². The standard InChI is InChI=1S/C19H18N4O2/c1-13(24)22-18-7-8-23(12-18)19(25)15-4-2-3-14(9-15)16-5-6-17(10-20)21-11-16/h2-6,9,11,18H,7-8,12H2,1H3,(H,22,24). The summed E-state index contributed by atoms with van der Waals surface area (Å²) in [5.74, 6) is -0.120. The molecule has 2 aromatic rings. The fourth-order valence-electron chi connectivity index (χ4n) is 3.00. The van der Waals surface area contributed by atoms with Gasteiger partial charge in [-0.05, 0) is 36.2 Å². The van der Waals surface area contributed by atoms with Gasteiger partial charge in [0.15, 0.2) is 0 Å². The van der Waals surface area contributed by atoms with E-state index in [4.69, 9.17) is 5.26 Å². The first-order valence-corrected chi connectivity index (χ1v) is 8.10. The maximum atomic E-state index is 12.7. The summed E-state index contributed by atoms with van der Waals surface area (Å²) in [5.41, 5.74) is 2.69. The zero-order valence-electron chi connectivity index (χ0n) is 13.9. The van der Waals surface area contributed by atoms with Gasteiger partial charge in [-0.1, -0.05) is 12.1 Å². The lowest BCUT2D eigenvalue weighted by Crippen LogP contribution is -2.37. The Morgan fingerprint density at radius 1 is 1.28 bits per heavy atom. The number of carbonyl (C=O) groups excluding carboxylic acids is 2. The van der Waals surface area contributed by atoms with Crippen molar-refractivity contribution in [2.24, 2.45) is 0 Å². The number of likely N-dealkylation sites (tertiary alicyclic amines) is 1. The molecule has 1 aromatic carbocycles. The van der Waals surface area contributed by atoms with E-state index in [9.17, 15) is 9.59 Å². The molecule has 1 N–H and O–H groups in total. The molecule has 0 radical (unpaired) electrons. The maximum absolute atomic E-state index is 12.7. The number of nitrogens with zero attached hydrogens (tertiary/aromatic N) is 3. The van der Waals surface area contributed by atoms with E-state index in [1.165, 1.54) is 6.92 Å². The smallest absolute Gasteiger partial charge is 0.253 e. The molecule has 1 saturated heterocycles. The topological polar surface area (TPSA) is 86.1 Å². The van der Waals surface area contributed by atoms with Gasteiger partial charge in [0.2, 0.25) is 5.91 Å². The second kappa shape index (κ2) is 7.14. The Kier molecular flexibility index (Phi) is 4.75. The van der Waals surface area contributed by atoms with E-state index in [0.29, 0.717) is 24.3 Å². The molecule has 0 spiro atoms. The van der Waals surface area contributed by atoms with E-state index in [2.05, 4.69) is 10.3 Å². The van der Waals surface area contributed by atoms with Crippen LogP contribution in [0, 0.1) is 11.3 Å². The number of pyridine rings is 1. The quantitative estimate of drug-likeness (QED) is 0.930. The molecule has 126 valence electrons. The lowest BCUT2D eigenvalue weighted by Gasteiger charge is -2.17. The van der Waals surface area contributed by atoms with Crippen molar-refractivity contribution in [3.05, 3.63) is 53.9 Å². The van der Waals surface area contributed by atoms with Gasteiger partial charge in [0.05, 0.1) is 0 Å². The largest absolute Gasteiger partial charge is 0.352 e. The van der Waals surface area contributed by atoms with Crippen molar-refractivity contribution in [1.82, 2.24) is 15.2 Å². The Labute approximate surface area is 146 Å². The highest BCUT2D eigenvalue weighted by atomic mass is 16.2. The molecule has 1 aromatic heterocycles. The van der Waals surface area contributed by atoms with Crippen LogP contribution < -0.4 is 5.32 Å². The first kappa shape index (κ1) is 16.7. The second-order valence-corrected chi connectivity index (χ2v) is 6.06. The van der Waals surface area contributed by atoms with Crippen molar-refractivity contribution in [3.63, 3.8) is 0 Å². The van der Waals surface area contributed by atoms with Crippen molar-refractivity contribution < 1.29 is 9.59 Å². The third kappa shape index (κ3) is 3.83. The van der Waals surface area contributed by atoms with Crippen molar-refractivity contribution >= 4 is 11.8 Å². The highest BCUT2D eigenvalue weighted by molar-refractivity contribution is 5.95.